The van der Waals surface area contributed by atoms with Crippen LogP contribution < -0.4 is 5.32 Å². The Labute approximate surface area is 117 Å². The van der Waals surface area contributed by atoms with E-state index in [9.17, 15) is 0 Å². The van der Waals surface area contributed by atoms with E-state index < -0.39 is 0 Å². The van der Waals surface area contributed by atoms with E-state index in [0.29, 0.717) is 6.04 Å². The van der Waals surface area contributed by atoms with Crippen LogP contribution in [0.25, 0.3) is 0 Å². The lowest BCUT2D eigenvalue weighted by atomic mass is 9.94. The van der Waals surface area contributed by atoms with Gasteiger partial charge < -0.3 is 5.32 Å². The molecule has 1 N–H and O–H groups in total. The highest BCUT2D eigenvalue weighted by atomic mass is 79.9. The van der Waals surface area contributed by atoms with Crippen molar-refractivity contribution in [3.8, 4) is 0 Å². The molecule has 0 radical (unpaired) electrons. The molecule has 1 aromatic rings. The van der Waals surface area contributed by atoms with Crippen molar-refractivity contribution in [2.24, 2.45) is 5.92 Å². The van der Waals surface area contributed by atoms with Crippen molar-refractivity contribution in [2.45, 2.75) is 38.1 Å². The molecule has 0 spiro atoms. The third-order valence-corrected chi connectivity index (χ3v) is 4.95. The summed E-state index contributed by atoms with van der Waals surface area (Å²) in [5.41, 5.74) is 1.33. The molecule has 1 saturated carbocycles. The highest BCUT2D eigenvalue weighted by Crippen LogP contribution is 2.34. The lowest BCUT2D eigenvalue weighted by Crippen LogP contribution is -2.19. The van der Waals surface area contributed by atoms with Gasteiger partial charge in [-0.1, -0.05) is 43.4 Å². The predicted molar refractivity (Wildman–Crippen MR) is 77.5 cm³/mol. The monoisotopic (exact) mass is 315 g/mol. The number of hydrogen-bond acceptors (Lipinski definition) is 1. The van der Waals surface area contributed by atoms with E-state index in [-0.39, 0.29) is 0 Å². The molecule has 0 amide bonds. The molecule has 17 heavy (non-hydrogen) atoms. The van der Waals surface area contributed by atoms with Crippen LogP contribution in [0, 0.1) is 5.92 Å². The van der Waals surface area contributed by atoms with Gasteiger partial charge in [-0.2, -0.15) is 0 Å². The fourth-order valence-corrected chi connectivity index (χ4v) is 3.24. The zero-order valence-electron chi connectivity index (χ0n) is 10.2. The summed E-state index contributed by atoms with van der Waals surface area (Å²) in [6.45, 7) is 0. The summed E-state index contributed by atoms with van der Waals surface area (Å²) >= 11 is 9.53. The Hall–Kier alpha value is -0.0500. The first kappa shape index (κ1) is 13.4. The molecular weight excluding hydrogens is 298 g/mol. The van der Waals surface area contributed by atoms with Gasteiger partial charge in [-0.25, -0.2) is 0 Å². The van der Waals surface area contributed by atoms with Crippen molar-refractivity contribution >= 4 is 27.5 Å². The molecule has 2 rings (SSSR count). The van der Waals surface area contributed by atoms with Gasteiger partial charge in [0.05, 0.1) is 5.02 Å². The van der Waals surface area contributed by atoms with Crippen LogP contribution in [-0.4, -0.2) is 7.05 Å². The molecule has 1 aliphatic rings. The molecule has 1 aromatic carbocycles. The molecular formula is C14H19BrClN. The molecule has 1 fully saturated rings. The van der Waals surface area contributed by atoms with Crippen molar-refractivity contribution in [2.75, 3.05) is 7.05 Å². The van der Waals surface area contributed by atoms with Gasteiger partial charge in [-0.15, -0.1) is 0 Å². The third-order valence-electron chi connectivity index (χ3n) is 3.74. The van der Waals surface area contributed by atoms with Crippen LogP contribution in [0.1, 0.15) is 43.7 Å². The van der Waals surface area contributed by atoms with Crippen LogP contribution in [0.3, 0.4) is 0 Å². The maximum Gasteiger partial charge on any atom is 0.0548 e. The van der Waals surface area contributed by atoms with Crippen molar-refractivity contribution in [3.63, 3.8) is 0 Å². The quantitative estimate of drug-likeness (QED) is 0.829. The average Bonchev–Trinajstić information content (AvgIpc) is 2.82. The summed E-state index contributed by atoms with van der Waals surface area (Å²) in [6.07, 6.45) is 6.85. The number of benzene rings is 1. The van der Waals surface area contributed by atoms with Crippen LogP contribution in [0.2, 0.25) is 5.02 Å². The van der Waals surface area contributed by atoms with Gasteiger partial charge in [-0.05, 0) is 53.0 Å². The first-order chi connectivity index (χ1) is 8.20. The molecule has 1 nitrogen and oxygen atoms in total. The van der Waals surface area contributed by atoms with Crippen LogP contribution in [-0.2, 0) is 0 Å². The maximum absolute atomic E-state index is 6.03. The maximum atomic E-state index is 6.03. The minimum absolute atomic E-state index is 0.451. The van der Waals surface area contributed by atoms with Crippen LogP contribution in [0.5, 0.6) is 0 Å². The van der Waals surface area contributed by atoms with E-state index in [2.05, 4.69) is 33.4 Å². The van der Waals surface area contributed by atoms with Crippen molar-refractivity contribution in [3.05, 3.63) is 33.3 Å². The Bertz CT molecular complexity index is 374. The Morgan fingerprint density at radius 1 is 1.41 bits per heavy atom. The van der Waals surface area contributed by atoms with Gasteiger partial charge in [0, 0.05) is 10.5 Å². The van der Waals surface area contributed by atoms with Crippen LogP contribution >= 0.6 is 27.5 Å². The largest absolute Gasteiger partial charge is 0.313 e. The molecule has 1 aliphatic carbocycles. The zero-order valence-corrected chi connectivity index (χ0v) is 12.5. The van der Waals surface area contributed by atoms with E-state index in [1.165, 1.54) is 37.7 Å². The number of halogens is 2. The van der Waals surface area contributed by atoms with E-state index in [1.54, 1.807) is 0 Å². The van der Waals surface area contributed by atoms with Gasteiger partial charge in [0.25, 0.3) is 0 Å². The van der Waals surface area contributed by atoms with E-state index in [4.69, 9.17) is 11.6 Å². The number of rotatable bonds is 4. The Kier molecular flexibility index (Phi) is 4.89. The molecule has 0 aromatic heterocycles. The van der Waals surface area contributed by atoms with Gasteiger partial charge >= 0.3 is 0 Å². The fourth-order valence-electron chi connectivity index (χ4n) is 2.73. The molecule has 1 unspecified atom stereocenters. The van der Waals surface area contributed by atoms with E-state index in [1.807, 2.05) is 13.1 Å². The first-order valence-corrected chi connectivity index (χ1v) is 7.50. The van der Waals surface area contributed by atoms with Crippen molar-refractivity contribution in [1.29, 1.82) is 0 Å². The van der Waals surface area contributed by atoms with Gasteiger partial charge in [0.15, 0.2) is 0 Å². The van der Waals surface area contributed by atoms with Crippen LogP contribution in [0.4, 0.5) is 0 Å². The Morgan fingerprint density at radius 3 is 2.71 bits per heavy atom. The molecule has 0 saturated heterocycles. The third kappa shape index (κ3) is 3.46. The minimum atomic E-state index is 0.451. The molecule has 0 bridgehead atoms. The van der Waals surface area contributed by atoms with Crippen LogP contribution in [0.15, 0.2) is 22.7 Å². The molecule has 94 valence electrons. The second-order valence-electron chi connectivity index (χ2n) is 4.90. The highest BCUT2D eigenvalue weighted by molar-refractivity contribution is 9.10. The number of hydrogen-bond donors (Lipinski definition) is 1. The topological polar surface area (TPSA) is 12.0 Å². The fraction of sp³-hybridized carbons (Fsp3) is 0.571. The summed E-state index contributed by atoms with van der Waals surface area (Å²) in [4.78, 5) is 0. The second kappa shape index (κ2) is 6.21. The summed E-state index contributed by atoms with van der Waals surface area (Å²) in [5.74, 6) is 0.891. The van der Waals surface area contributed by atoms with E-state index >= 15 is 0 Å². The molecule has 0 aliphatic heterocycles. The van der Waals surface area contributed by atoms with E-state index in [0.717, 1.165) is 15.4 Å². The number of nitrogens with one attached hydrogen (secondary N) is 1. The normalized spacial score (nSPS) is 18.5. The summed E-state index contributed by atoms with van der Waals surface area (Å²) < 4.78 is 0.989. The Balaban J connectivity index is 2.08. The standard InChI is InChI=1S/C14H19BrClN/c1-17-14(8-10-4-2-3-5-10)11-6-7-13(16)12(15)9-11/h6-7,9-10,14,17H,2-5,8H2,1H3. The Morgan fingerprint density at radius 2 is 2.12 bits per heavy atom. The molecule has 1 atom stereocenters. The lowest BCUT2D eigenvalue weighted by molar-refractivity contribution is 0.413. The highest BCUT2D eigenvalue weighted by Gasteiger charge is 2.20. The summed E-state index contributed by atoms with van der Waals surface area (Å²) in [6, 6.07) is 6.69. The zero-order chi connectivity index (χ0) is 12.3. The van der Waals surface area contributed by atoms with Gasteiger partial charge in [-0.3, -0.25) is 0 Å². The minimum Gasteiger partial charge on any atom is -0.313 e. The van der Waals surface area contributed by atoms with Crippen molar-refractivity contribution < 1.29 is 0 Å². The SMILES string of the molecule is CNC(CC1CCCC1)c1ccc(Cl)c(Br)c1. The van der Waals surface area contributed by atoms with Gasteiger partial charge in [0.2, 0.25) is 0 Å². The average molecular weight is 317 g/mol. The smallest absolute Gasteiger partial charge is 0.0548 e. The predicted octanol–water partition coefficient (Wildman–Crippen LogP) is 4.94. The second-order valence-corrected chi connectivity index (χ2v) is 6.16. The van der Waals surface area contributed by atoms with Crippen molar-refractivity contribution in [1.82, 2.24) is 5.32 Å². The lowest BCUT2D eigenvalue weighted by Gasteiger charge is -2.21. The molecule has 3 heteroatoms. The summed E-state index contributed by atoms with van der Waals surface area (Å²) in [5, 5.41) is 4.21. The summed E-state index contributed by atoms with van der Waals surface area (Å²) in [7, 11) is 2.04. The van der Waals surface area contributed by atoms with Gasteiger partial charge in [0.1, 0.15) is 0 Å². The first-order valence-electron chi connectivity index (χ1n) is 6.33. The molecule has 0 heterocycles.